The van der Waals surface area contributed by atoms with Crippen LogP contribution in [-0.2, 0) is 0 Å². The van der Waals surface area contributed by atoms with Gasteiger partial charge in [0.15, 0.2) is 0 Å². The summed E-state index contributed by atoms with van der Waals surface area (Å²) in [4.78, 5) is 0. The average molecular weight is 275 g/mol. The lowest BCUT2D eigenvalue weighted by Crippen LogP contribution is -2.47. The molecule has 0 aromatic heterocycles. The van der Waals surface area contributed by atoms with E-state index >= 15 is 0 Å². The van der Waals surface area contributed by atoms with Crippen LogP contribution in [0.15, 0.2) is 24.3 Å². The van der Waals surface area contributed by atoms with Crippen LogP contribution in [0.1, 0.15) is 50.0 Å². The smallest absolute Gasteiger partial charge is 0.118 e. The van der Waals surface area contributed by atoms with Crippen LogP contribution in [0.2, 0.25) is 0 Å². The highest BCUT2D eigenvalue weighted by molar-refractivity contribution is 5.30. The summed E-state index contributed by atoms with van der Waals surface area (Å²) in [6, 6.07) is 9.63. The van der Waals surface area contributed by atoms with Crippen LogP contribution in [0.4, 0.5) is 0 Å². The SMILES string of the molecule is COc1ccc(C2CC(NC3CCCC(O)C3)C2)cc1. The molecule has 2 aliphatic rings. The number of aliphatic hydroxyl groups excluding tert-OH is 1. The number of ether oxygens (including phenoxy) is 1. The van der Waals surface area contributed by atoms with Crippen LogP contribution < -0.4 is 10.1 Å². The van der Waals surface area contributed by atoms with Crippen LogP contribution in [-0.4, -0.2) is 30.4 Å². The van der Waals surface area contributed by atoms with Gasteiger partial charge in [-0.1, -0.05) is 12.1 Å². The second-order valence-corrected chi connectivity index (χ2v) is 6.32. The van der Waals surface area contributed by atoms with Gasteiger partial charge in [-0.3, -0.25) is 0 Å². The Morgan fingerprint density at radius 3 is 2.45 bits per heavy atom. The Morgan fingerprint density at radius 2 is 1.80 bits per heavy atom. The first-order valence-corrected chi connectivity index (χ1v) is 7.82. The molecule has 3 rings (SSSR count). The summed E-state index contributed by atoms with van der Waals surface area (Å²) in [5.41, 5.74) is 1.42. The molecule has 0 spiro atoms. The molecule has 3 nitrogen and oxygen atoms in total. The second-order valence-electron chi connectivity index (χ2n) is 6.32. The van der Waals surface area contributed by atoms with Crippen LogP contribution in [0.5, 0.6) is 5.75 Å². The molecule has 1 aromatic carbocycles. The Kier molecular flexibility index (Phi) is 4.27. The van der Waals surface area contributed by atoms with Crippen molar-refractivity contribution in [3.63, 3.8) is 0 Å². The van der Waals surface area contributed by atoms with Crippen LogP contribution >= 0.6 is 0 Å². The van der Waals surface area contributed by atoms with E-state index in [1.54, 1.807) is 7.11 Å². The zero-order chi connectivity index (χ0) is 13.9. The maximum atomic E-state index is 9.71. The number of hydrogen-bond donors (Lipinski definition) is 2. The molecule has 2 unspecified atom stereocenters. The molecule has 20 heavy (non-hydrogen) atoms. The zero-order valence-corrected chi connectivity index (χ0v) is 12.2. The first kappa shape index (κ1) is 13.9. The van der Waals surface area contributed by atoms with Crippen molar-refractivity contribution in [2.75, 3.05) is 7.11 Å². The van der Waals surface area contributed by atoms with Gasteiger partial charge >= 0.3 is 0 Å². The monoisotopic (exact) mass is 275 g/mol. The number of methoxy groups -OCH3 is 1. The predicted octanol–water partition coefficient (Wildman–Crippen LogP) is 2.83. The van der Waals surface area contributed by atoms with Gasteiger partial charge in [0.25, 0.3) is 0 Å². The van der Waals surface area contributed by atoms with E-state index in [9.17, 15) is 5.11 Å². The van der Waals surface area contributed by atoms with Crippen molar-refractivity contribution in [2.45, 2.75) is 62.6 Å². The molecule has 2 atom stereocenters. The molecule has 0 radical (unpaired) electrons. The number of benzene rings is 1. The van der Waals surface area contributed by atoms with Gasteiger partial charge in [0, 0.05) is 12.1 Å². The fourth-order valence-corrected chi connectivity index (χ4v) is 3.55. The van der Waals surface area contributed by atoms with Crippen LogP contribution in [0.3, 0.4) is 0 Å². The largest absolute Gasteiger partial charge is 0.497 e. The summed E-state index contributed by atoms with van der Waals surface area (Å²) < 4.78 is 5.20. The highest BCUT2D eigenvalue weighted by Gasteiger charge is 2.32. The Morgan fingerprint density at radius 1 is 1.05 bits per heavy atom. The fourth-order valence-electron chi connectivity index (χ4n) is 3.55. The molecular formula is C17H25NO2. The maximum Gasteiger partial charge on any atom is 0.118 e. The second kappa shape index (κ2) is 6.15. The van der Waals surface area contributed by atoms with Crippen molar-refractivity contribution in [1.29, 1.82) is 0 Å². The minimum absolute atomic E-state index is 0.0845. The Labute approximate surface area is 121 Å². The van der Waals surface area contributed by atoms with Gasteiger partial charge in [0.1, 0.15) is 5.75 Å². The van der Waals surface area contributed by atoms with Crippen molar-refractivity contribution in [1.82, 2.24) is 5.32 Å². The van der Waals surface area contributed by atoms with Crippen molar-refractivity contribution in [3.8, 4) is 5.75 Å². The minimum atomic E-state index is -0.0845. The summed E-state index contributed by atoms with van der Waals surface area (Å²) in [6.45, 7) is 0. The minimum Gasteiger partial charge on any atom is -0.497 e. The van der Waals surface area contributed by atoms with E-state index in [2.05, 4.69) is 17.4 Å². The molecule has 0 bridgehead atoms. The Bertz CT molecular complexity index is 425. The molecule has 2 aliphatic carbocycles. The highest BCUT2D eigenvalue weighted by atomic mass is 16.5. The summed E-state index contributed by atoms with van der Waals surface area (Å²) in [6.07, 6.45) is 6.66. The molecule has 1 aromatic rings. The van der Waals surface area contributed by atoms with E-state index in [0.717, 1.165) is 25.0 Å². The number of hydrogen-bond acceptors (Lipinski definition) is 3. The lowest BCUT2D eigenvalue weighted by atomic mass is 9.75. The first-order valence-electron chi connectivity index (χ1n) is 7.82. The van der Waals surface area contributed by atoms with Crippen molar-refractivity contribution in [2.24, 2.45) is 0 Å². The molecule has 0 amide bonds. The number of aliphatic hydroxyl groups is 1. The molecule has 2 fully saturated rings. The summed E-state index contributed by atoms with van der Waals surface area (Å²) in [7, 11) is 1.71. The van der Waals surface area contributed by atoms with Gasteiger partial charge in [-0.05, 0) is 62.1 Å². The third-order valence-corrected chi connectivity index (χ3v) is 4.84. The van der Waals surface area contributed by atoms with Gasteiger partial charge in [0.05, 0.1) is 13.2 Å². The van der Waals surface area contributed by atoms with Crippen LogP contribution in [0, 0.1) is 0 Å². The van der Waals surface area contributed by atoms with Gasteiger partial charge in [0.2, 0.25) is 0 Å². The molecule has 0 aliphatic heterocycles. The van der Waals surface area contributed by atoms with Crippen molar-refractivity contribution < 1.29 is 9.84 Å². The lowest BCUT2D eigenvalue weighted by molar-refractivity contribution is 0.102. The van der Waals surface area contributed by atoms with Gasteiger partial charge in [-0.2, -0.15) is 0 Å². The van der Waals surface area contributed by atoms with E-state index in [4.69, 9.17) is 4.74 Å². The Hall–Kier alpha value is -1.06. The maximum absolute atomic E-state index is 9.71. The molecule has 2 saturated carbocycles. The third-order valence-electron chi connectivity index (χ3n) is 4.84. The zero-order valence-electron chi connectivity index (χ0n) is 12.2. The van der Waals surface area contributed by atoms with E-state index in [1.165, 1.54) is 24.8 Å². The number of rotatable bonds is 4. The summed E-state index contributed by atoms with van der Waals surface area (Å²) in [5, 5.41) is 13.4. The topological polar surface area (TPSA) is 41.5 Å². The number of nitrogens with one attached hydrogen (secondary N) is 1. The van der Waals surface area contributed by atoms with Crippen molar-refractivity contribution in [3.05, 3.63) is 29.8 Å². The molecule has 0 saturated heterocycles. The third kappa shape index (κ3) is 3.15. The fraction of sp³-hybridized carbons (Fsp3) is 0.647. The van der Waals surface area contributed by atoms with Crippen molar-refractivity contribution >= 4 is 0 Å². The normalized spacial score (nSPS) is 33.5. The predicted molar refractivity (Wildman–Crippen MR) is 80.2 cm³/mol. The molecule has 3 heteroatoms. The Balaban J connectivity index is 1.46. The van der Waals surface area contributed by atoms with Gasteiger partial charge in [-0.25, -0.2) is 0 Å². The molecule has 2 N–H and O–H groups in total. The summed E-state index contributed by atoms with van der Waals surface area (Å²) >= 11 is 0. The molecular weight excluding hydrogens is 250 g/mol. The quantitative estimate of drug-likeness (QED) is 0.888. The molecule has 0 heterocycles. The first-order chi connectivity index (χ1) is 9.74. The lowest BCUT2D eigenvalue weighted by Gasteiger charge is -2.40. The van der Waals surface area contributed by atoms with Gasteiger partial charge in [-0.15, -0.1) is 0 Å². The standard InChI is InChI=1S/C17H25NO2/c1-20-17-7-5-12(6-8-17)13-9-15(10-13)18-14-3-2-4-16(19)11-14/h5-8,13-16,18-19H,2-4,9-11H2,1H3. The van der Waals surface area contributed by atoms with E-state index < -0.39 is 0 Å². The van der Waals surface area contributed by atoms with E-state index in [1.807, 2.05) is 12.1 Å². The van der Waals surface area contributed by atoms with Gasteiger partial charge < -0.3 is 15.2 Å². The highest BCUT2D eigenvalue weighted by Crippen LogP contribution is 2.38. The summed E-state index contributed by atoms with van der Waals surface area (Å²) in [5.74, 6) is 1.62. The van der Waals surface area contributed by atoms with Crippen LogP contribution in [0.25, 0.3) is 0 Å². The van der Waals surface area contributed by atoms with E-state index in [-0.39, 0.29) is 6.10 Å². The van der Waals surface area contributed by atoms with E-state index in [0.29, 0.717) is 18.0 Å². The average Bonchev–Trinajstić information content (AvgIpc) is 2.43. The molecule has 110 valence electrons.